The highest BCUT2D eigenvalue weighted by molar-refractivity contribution is 7.07. The third-order valence-electron chi connectivity index (χ3n) is 5.52. The van der Waals surface area contributed by atoms with E-state index in [0.29, 0.717) is 38.7 Å². The molecule has 9 heteroatoms. The first-order valence-corrected chi connectivity index (χ1v) is 12.5. The zero-order valence-electron chi connectivity index (χ0n) is 20.7. The van der Waals surface area contributed by atoms with Crippen molar-refractivity contribution in [3.05, 3.63) is 103 Å². The van der Waals surface area contributed by atoms with E-state index in [1.807, 2.05) is 24.3 Å². The molecule has 1 aliphatic rings. The van der Waals surface area contributed by atoms with Crippen molar-refractivity contribution in [2.75, 3.05) is 13.2 Å². The van der Waals surface area contributed by atoms with Crippen molar-refractivity contribution in [2.24, 2.45) is 4.99 Å². The molecule has 190 valence electrons. The second-order valence-corrected chi connectivity index (χ2v) is 9.14. The number of carbonyl (C=O) groups excluding carboxylic acids is 2. The molecule has 0 spiro atoms. The first-order valence-electron chi connectivity index (χ1n) is 11.6. The smallest absolute Gasteiger partial charge is 0.338 e. The highest BCUT2D eigenvalue weighted by atomic mass is 32.1. The lowest BCUT2D eigenvalue weighted by Crippen LogP contribution is -2.39. The van der Waals surface area contributed by atoms with Gasteiger partial charge >= 0.3 is 11.9 Å². The Bertz CT molecular complexity index is 1550. The molecule has 4 rings (SSSR count). The van der Waals surface area contributed by atoms with Crippen LogP contribution in [0.25, 0.3) is 6.08 Å². The van der Waals surface area contributed by atoms with Gasteiger partial charge in [-0.25, -0.2) is 9.79 Å². The Labute approximate surface area is 217 Å². The van der Waals surface area contributed by atoms with Crippen LogP contribution in [0.4, 0.5) is 0 Å². The zero-order valence-corrected chi connectivity index (χ0v) is 21.5. The number of hydrogen-bond donors (Lipinski definition) is 0. The van der Waals surface area contributed by atoms with Crippen molar-refractivity contribution in [3.8, 4) is 11.5 Å². The second kappa shape index (κ2) is 11.2. The van der Waals surface area contributed by atoms with Crippen LogP contribution in [0.3, 0.4) is 0 Å². The van der Waals surface area contributed by atoms with E-state index in [2.05, 4.69) is 11.6 Å². The summed E-state index contributed by atoms with van der Waals surface area (Å²) in [6, 6.07) is 13.3. The SMILES string of the molecule is C=CCOc1ccc(/C=c2/sc3n(c2=O)C(c2ccc(OC(C)=O)cc2)C(C(=O)OCC)=C(C)N=3)cc1. The van der Waals surface area contributed by atoms with Gasteiger partial charge in [-0.3, -0.25) is 14.2 Å². The molecule has 3 aromatic rings. The third-order valence-corrected chi connectivity index (χ3v) is 6.50. The van der Waals surface area contributed by atoms with Gasteiger partial charge in [0.25, 0.3) is 5.56 Å². The van der Waals surface area contributed by atoms with Gasteiger partial charge < -0.3 is 14.2 Å². The molecule has 1 unspecified atom stereocenters. The van der Waals surface area contributed by atoms with Gasteiger partial charge in [-0.1, -0.05) is 48.3 Å². The van der Waals surface area contributed by atoms with Crippen molar-refractivity contribution in [2.45, 2.75) is 26.8 Å². The van der Waals surface area contributed by atoms with Gasteiger partial charge in [0.1, 0.15) is 18.1 Å². The van der Waals surface area contributed by atoms with Crippen molar-refractivity contribution in [1.29, 1.82) is 0 Å². The van der Waals surface area contributed by atoms with E-state index in [-0.39, 0.29) is 17.7 Å². The molecule has 1 aliphatic heterocycles. The van der Waals surface area contributed by atoms with Crippen LogP contribution in [-0.4, -0.2) is 29.7 Å². The lowest BCUT2D eigenvalue weighted by molar-refractivity contribution is -0.139. The van der Waals surface area contributed by atoms with Gasteiger partial charge in [-0.2, -0.15) is 0 Å². The number of allylic oxidation sites excluding steroid dienone is 1. The van der Waals surface area contributed by atoms with E-state index >= 15 is 0 Å². The molecule has 0 fully saturated rings. The van der Waals surface area contributed by atoms with Crippen molar-refractivity contribution < 1.29 is 23.8 Å². The highest BCUT2D eigenvalue weighted by Crippen LogP contribution is 2.31. The summed E-state index contributed by atoms with van der Waals surface area (Å²) in [4.78, 5) is 43.0. The van der Waals surface area contributed by atoms with Crippen LogP contribution < -0.4 is 24.4 Å². The summed E-state index contributed by atoms with van der Waals surface area (Å²) in [5.74, 6) is 0.0826. The predicted molar refractivity (Wildman–Crippen MR) is 140 cm³/mol. The molecule has 1 atom stereocenters. The molecule has 0 bridgehead atoms. The Hall–Kier alpha value is -4.24. The number of esters is 2. The van der Waals surface area contributed by atoms with E-state index in [9.17, 15) is 14.4 Å². The van der Waals surface area contributed by atoms with Crippen LogP contribution in [-0.2, 0) is 14.3 Å². The first-order chi connectivity index (χ1) is 17.8. The molecule has 0 N–H and O–H groups in total. The fourth-order valence-electron chi connectivity index (χ4n) is 3.96. The largest absolute Gasteiger partial charge is 0.490 e. The average molecular weight is 519 g/mol. The minimum absolute atomic E-state index is 0.185. The summed E-state index contributed by atoms with van der Waals surface area (Å²) in [6.45, 7) is 9.00. The van der Waals surface area contributed by atoms with Crippen molar-refractivity contribution in [3.63, 3.8) is 0 Å². The normalized spacial score (nSPS) is 15.0. The minimum Gasteiger partial charge on any atom is -0.490 e. The maximum atomic E-state index is 13.7. The maximum Gasteiger partial charge on any atom is 0.338 e. The van der Waals surface area contributed by atoms with Crippen molar-refractivity contribution in [1.82, 2.24) is 4.57 Å². The molecule has 2 heterocycles. The zero-order chi connectivity index (χ0) is 26.5. The molecule has 2 aromatic carbocycles. The maximum absolute atomic E-state index is 13.7. The summed E-state index contributed by atoms with van der Waals surface area (Å²) < 4.78 is 18.0. The molecule has 8 nitrogen and oxygen atoms in total. The van der Waals surface area contributed by atoms with E-state index in [4.69, 9.17) is 14.2 Å². The van der Waals surface area contributed by atoms with Gasteiger partial charge in [-0.05, 0) is 55.3 Å². The lowest BCUT2D eigenvalue weighted by atomic mass is 9.96. The van der Waals surface area contributed by atoms with Crippen molar-refractivity contribution >= 4 is 29.4 Å². The van der Waals surface area contributed by atoms with E-state index < -0.39 is 18.0 Å². The molecule has 0 saturated heterocycles. The number of benzene rings is 2. The summed E-state index contributed by atoms with van der Waals surface area (Å²) in [5, 5.41) is 0. The van der Waals surface area contributed by atoms with Gasteiger partial charge in [0.15, 0.2) is 4.80 Å². The van der Waals surface area contributed by atoms with Crippen LogP contribution in [0.5, 0.6) is 11.5 Å². The number of rotatable bonds is 8. The Balaban J connectivity index is 1.82. The predicted octanol–water partition coefficient (Wildman–Crippen LogP) is 3.29. The molecule has 0 radical (unpaired) electrons. The van der Waals surface area contributed by atoms with Crippen LogP contribution in [0.15, 0.2) is 82.2 Å². The molecule has 0 saturated carbocycles. The number of aromatic nitrogens is 1. The average Bonchev–Trinajstić information content (AvgIpc) is 3.17. The minimum atomic E-state index is -0.751. The highest BCUT2D eigenvalue weighted by Gasteiger charge is 2.33. The van der Waals surface area contributed by atoms with E-state index in [1.54, 1.807) is 50.3 Å². The first kappa shape index (κ1) is 25.8. The number of nitrogens with zero attached hydrogens (tertiary/aromatic N) is 2. The number of carbonyl (C=O) groups is 2. The van der Waals surface area contributed by atoms with Gasteiger partial charge in [-0.15, -0.1) is 0 Å². The number of hydrogen-bond acceptors (Lipinski definition) is 8. The third kappa shape index (κ3) is 5.62. The van der Waals surface area contributed by atoms with Gasteiger partial charge in [0.05, 0.1) is 28.5 Å². The van der Waals surface area contributed by atoms with Crippen LogP contribution in [0.1, 0.15) is 37.9 Å². The Kier molecular flexibility index (Phi) is 7.83. The van der Waals surface area contributed by atoms with E-state index in [1.165, 1.54) is 22.8 Å². The number of thiazole rings is 1. The summed E-state index contributed by atoms with van der Waals surface area (Å²) in [5.41, 5.74) is 1.96. The van der Waals surface area contributed by atoms with E-state index in [0.717, 1.165) is 5.56 Å². The molecule has 37 heavy (non-hydrogen) atoms. The summed E-state index contributed by atoms with van der Waals surface area (Å²) in [6.07, 6.45) is 3.45. The number of ether oxygens (including phenoxy) is 3. The van der Waals surface area contributed by atoms with Gasteiger partial charge in [0.2, 0.25) is 0 Å². The topological polar surface area (TPSA) is 96.2 Å². The van der Waals surface area contributed by atoms with Crippen LogP contribution >= 0.6 is 11.3 Å². The summed E-state index contributed by atoms with van der Waals surface area (Å²) in [7, 11) is 0. The molecular weight excluding hydrogens is 492 g/mol. The fourth-order valence-corrected chi connectivity index (χ4v) is 5.00. The quantitative estimate of drug-likeness (QED) is 0.258. The van der Waals surface area contributed by atoms with Crippen LogP contribution in [0.2, 0.25) is 0 Å². The van der Waals surface area contributed by atoms with Crippen LogP contribution in [0, 0.1) is 0 Å². The molecule has 1 aromatic heterocycles. The molecule has 0 aliphatic carbocycles. The lowest BCUT2D eigenvalue weighted by Gasteiger charge is -2.24. The monoisotopic (exact) mass is 518 g/mol. The molecular formula is C28H26N2O6S. The summed E-state index contributed by atoms with van der Waals surface area (Å²) >= 11 is 1.24. The second-order valence-electron chi connectivity index (χ2n) is 8.13. The Morgan fingerprint density at radius 3 is 2.41 bits per heavy atom. The standard InChI is InChI=1S/C28H26N2O6S/c1-5-15-35-21-11-7-19(8-12-21)16-23-26(32)30-25(20-9-13-22(14-10-20)36-18(4)31)24(27(33)34-6-2)17(3)29-28(30)37-23/h5,7-14,16,25H,1,6,15H2,2-4H3/b23-16+. The number of fused-ring (bicyclic) bond motifs is 1. The molecule has 0 amide bonds. The Morgan fingerprint density at radius 1 is 1.11 bits per heavy atom. The fraction of sp³-hybridized carbons (Fsp3) is 0.214. The Morgan fingerprint density at radius 2 is 1.78 bits per heavy atom. The van der Waals surface area contributed by atoms with Gasteiger partial charge in [0, 0.05) is 6.92 Å².